The molecule has 1 amide bonds. The van der Waals surface area contributed by atoms with Gasteiger partial charge >= 0.3 is 12.0 Å². The number of hydrogen-bond donors (Lipinski definition) is 3. The van der Waals surface area contributed by atoms with Gasteiger partial charge in [0.2, 0.25) is 11.7 Å². The summed E-state index contributed by atoms with van der Waals surface area (Å²) in [5.74, 6) is -4.68. The van der Waals surface area contributed by atoms with Gasteiger partial charge in [-0.3, -0.25) is 9.59 Å². The average molecular weight is 616 g/mol. The maximum absolute atomic E-state index is 14.0. The summed E-state index contributed by atoms with van der Waals surface area (Å²) in [4.78, 5) is 42.7. The van der Waals surface area contributed by atoms with Gasteiger partial charge in [-0.05, 0) is 55.2 Å². The molecule has 2 aromatic carbocycles. The van der Waals surface area contributed by atoms with Crippen LogP contribution >= 0.6 is 0 Å². The number of halogens is 1. The van der Waals surface area contributed by atoms with Gasteiger partial charge in [0.1, 0.15) is 17.8 Å². The molecule has 3 heterocycles. The van der Waals surface area contributed by atoms with Gasteiger partial charge < -0.3 is 30.0 Å². The van der Waals surface area contributed by atoms with Crippen molar-refractivity contribution >= 4 is 11.9 Å². The van der Waals surface area contributed by atoms with E-state index >= 15 is 0 Å². The number of hydrogen-bond acceptors (Lipinski definition) is 8. The molecule has 0 spiro atoms. The summed E-state index contributed by atoms with van der Waals surface area (Å²) >= 11 is 0. The van der Waals surface area contributed by atoms with Crippen molar-refractivity contribution in [1.29, 1.82) is 0 Å². The van der Waals surface area contributed by atoms with Gasteiger partial charge in [-0.2, -0.15) is 4.98 Å². The van der Waals surface area contributed by atoms with Gasteiger partial charge in [0.05, 0.1) is 36.2 Å². The lowest BCUT2D eigenvalue weighted by Gasteiger charge is -2.51. The van der Waals surface area contributed by atoms with Gasteiger partial charge in [-0.1, -0.05) is 43.7 Å². The smallest absolute Gasteiger partial charge is 0.317 e. The number of aromatic amines is 1. The van der Waals surface area contributed by atoms with E-state index in [2.05, 4.69) is 15.0 Å². The van der Waals surface area contributed by atoms with E-state index in [9.17, 15) is 19.1 Å². The minimum Gasteiger partial charge on any atom is -0.481 e. The first-order chi connectivity index (χ1) is 21.7. The number of nitrogens with two attached hydrogens (primary N) is 1. The fourth-order valence-corrected chi connectivity index (χ4v) is 6.22. The number of aromatic nitrogens is 4. The summed E-state index contributed by atoms with van der Waals surface area (Å²) in [5, 5.41) is 9.94. The fraction of sp³-hybridized carbons (Fsp3) is 0.364. The molecule has 11 nitrogen and oxygen atoms in total. The summed E-state index contributed by atoms with van der Waals surface area (Å²) in [7, 11) is 0. The maximum Gasteiger partial charge on any atom is 0.317 e. The molecule has 0 bridgehead atoms. The number of imidazole rings is 1. The van der Waals surface area contributed by atoms with E-state index < -0.39 is 34.8 Å². The molecule has 2 aromatic heterocycles. The number of carboxylic acid groups (broad SMARTS) is 1. The standard InChI is InChI=1S/C33H34FN5O6/c1-20-17-44-33(45-18-20,32(29(35)42)14-5-8-23(16-32)28(40)41)30-38-26(22-9-11-24(34)12-10-22)27(39-30)25-13-15-36-31(37-25)43-19-21-6-3-2-4-7-21/h2-4,6-7,9-13,15,20,23H,5,8,14,16-19H2,1H3,(H2,35,42)(H,38,39)(H,40,41). The molecule has 12 heteroatoms. The number of nitrogens with one attached hydrogen (secondary N) is 1. The van der Waals surface area contributed by atoms with Crippen molar-refractivity contribution in [2.45, 2.75) is 45.0 Å². The summed E-state index contributed by atoms with van der Waals surface area (Å²) in [6.45, 7) is 2.63. The van der Waals surface area contributed by atoms with Crippen molar-refractivity contribution < 1.29 is 33.3 Å². The van der Waals surface area contributed by atoms with Gasteiger partial charge in [0.15, 0.2) is 5.82 Å². The quantitative estimate of drug-likeness (QED) is 0.239. The zero-order valence-electron chi connectivity index (χ0n) is 24.7. The molecule has 2 unspecified atom stereocenters. The predicted octanol–water partition coefficient (Wildman–Crippen LogP) is 4.83. The van der Waals surface area contributed by atoms with Crippen LogP contribution < -0.4 is 10.5 Å². The van der Waals surface area contributed by atoms with Crippen LogP contribution in [0, 0.1) is 23.1 Å². The number of carboxylic acids is 1. The Hall–Kier alpha value is -4.68. The van der Waals surface area contributed by atoms with E-state index in [4.69, 9.17) is 24.9 Å². The minimum absolute atomic E-state index is 0.000833. The highest BCUT2D eigenvalue weighted by Gasteiger charge is 2.64. The lowest BCUT2D eigenvalue weighted by Crippen LogP contribution is -2.61. The second-order valence-corrected chi connectivity index (χ2v) is 11.7. The minimum atomic E-state index is -1.81. The molecule has 45 heavy (non-hydrogen) atoms. The Labute approximate surface area is 259 Å². The second kappa shape index (κ2) is 12.4. The van der Waals surface area contributed by atoms with Crippen LogP contribution in [0.5, 0.6) is 6.01 Å². The van der Waals surface area contributed by atoms with E-state index in [0.29, 0.717) is 35.5 Å². The van der Waals surface area contributed by atoms with Crippen LogP contribution in [0.15, 0.2) is 66.9 Å². The Balaban J connectivity index is 1.48. The van der Waals surface area contributed by atoms with Crippen molar-refractivity contribution in [3.8, 4) is 28.7 Å². The predicted molar refractivity (Wildman–Crippen MR) is 160 cm³/mol. The summed E-state index contributed by atoms with van der Waals surface area (Å²) in [6.07, 6.45) is 2.53. The SMILES string of the molecule is CC1COC(c2nc(-c3ccc(F)cc3)c(-c3ccnc(OCc4ccccc4)n3)[nH]2)(C2(C(N)=O)CCCC(C(=O)O)C2)OC1. The molecule has 2 atom stereocenters. The largest absolute Gasteiger partial charge is 0.481 e. The number of rotatable bonds is 9. The van der Waals surface area contributed by atoms with Crippen LogP contribution in [0.3, 0.4) is 0 Å². The Morgan fingerprint density at radius 1 is 1.09 bits per heavy atom. The van der Waals surface area contributed by atoms with E-state index in [1.165, 1.54) is 12.1 Å². The van der Waals surface area contributed by atoms with E-state index in [0.717, 1.165) is 5.56 Å². The first-order valence-electron chi connectivity index (χ1n) is 14.9. The van der Waals surface area contributed by atoms with Gasteiger partial charge in [-0.25, -0.2) is 14.4 Å². The van der Waals surface area contributed by atoms with E-state index in [-0.39, 0.29) is 50.4 Å². The first-order valence-corrected chi connectivity index (χ1v) is 14.9. The third kappa shape index (κ3) is 5.78. The van der Waals surface area contributed by atoms with Crippen LogP contribution in [-0.2, 0) is 31.5 Å². The Kier molecular flexibility index (Phi) is 8.34. The molecule has 1 saturated carbocycles. The topological polar surface area (TPSA) is 163 Å². The number of primary amides is 1. The molecule has 4 N–H and O–H groups in total. The van der Waals surface area contributed by atoms with E-state index in [1.54, 1.807) is 24.4 Å². The van der Waals surface area contributed by atoms with Crippen molar-refractivity contribution in [2.24, 2.45) is 23.0 Å². The van der Waals surface area contributed by atoms with Gasteiger partial charge in [0.25, 0.3) is 0 Å². The maximum atomic E-state index is 14.0. The molecular formula is C33H34FN5O6. The number of aliphatic carboxylic acids is 1. The molecule has 234 valence electrons. The molecule has 2 fully saturated rings. The second-order valence-electron chi connectivity index (χ2n) is 11.7. The number of H-pyrrole nitrogens is 1. The monoisotopic (exact) mass is 615 g/mol. The normalized spacial score (nSPS) is 25.0. The number of amides is 1. The van der Waals surface area contributed by atoms with Crippen molar-refractivity contribution in [1.82, 2.24) is 19.9 Å². The average Bonchev–Trinajstić information content (AvgIpc) is 3.51. The number of carbonyl (C=O) groups is 2. The number of benzene rings is 2. The molecule has 2 aliphatic rings. The van der Waals surface area contributed by atoms with Crippen LogP contribution in [-0.4, -0.2) is 50.1 Å². The van der Waals surface area contributed by atoms with Crippen LogP contribution in [0.2, 0.25) is 0 Å². The lowest BCUT2D eigenvalue weighted by molar-refractivity contribution is -0.347. The van der Waals surface area contributed by atoms with E-state index in [1.807, 2.05) is 37.3 Å². The highest BCUT2D eigenvalue weighted by atomic mass is 19.1. The molecule has 1 saturated heterocycles. The third-order valence-corrected chi connectivity index (χ3v) is 8.58. The van der Waals surface area contributed by atoms with Gasteiger partial charge in [-0.15, -0.1) is 0 Å². The summed E-state index contributed by atoms with van der Waals surface area (Å²) < 4.78 is 32.7. The van der Waals surface area contributed by atoms with Crippen LogP contribution in [0.25, 0.3) is 22.6 Å². The first kappa shape index (κ1) is 30.4. The number of nitrogens with zero attached hydrogens (tertiary/aromatic N) is 3. The zero-order valence-corrected chi connectivity index (χ0v) is 24.7. The molecular weight excluding hydrogens is 581 g/mol. The molecule has 1 aliphatic carbocycles. The Morgan fingerprint density at radius 3 is 2.51 bits per heavy atom. The highest BCUT2D eigenvalue weighted by Crippen LogP contribution is 2.55. The molecule has 0 radical (unpaired) electrons. The van der Waals surface area contributed by atoms with Crippen molar-refractivity contribution in [2.75, 3.05) is 13.2 Å². The number of carbonyl (C=O) groups excluding carboxylic acids is 1. The lowest BCUT2D eigenvalue weighted by atomic mass is 9.63. The van der Waals surface area contributed by atoms with Crippen LogP contribution in [0.1, 0.15) is 44.0 Å². The Bertz CT molecular complexity index is 1670. The van der Waals surface area contributed by atoms with Crippen LogP contribution in [0.4, 0.5) is 4.39 Å². The summed E-state index contributed by atoms with van der Waals surface area (Å²) in [6, 6.07) is 17.2. The highest BCUT2D eigenvalue weighted by molar-refractivity contribution is 5.84. The zero-order chi connectivity index (χ0) is 31.6. The summed E-state index contributed by atoms with van der Waals surface area (Å²) in [5.41, 5.74) is 7.28. The molecule has 1 aliphatic heterocycles. The van der Waals surface area contributed by atoms with Gasteiger partial charge in [0, 0.05) is 17.7 Å². The molecule has 6 rings (SSSR count). The van der Waals surface area contributed by atoms with Crippen molar-refractivity contribution in [3.63, 3.8) is 0 Å². The Morgan fingerprint density at radius 2 is 1.82 bits per heavy atom. The number of ether oxygens (including phenoxy) is 3. The van der Waals surface area contributed by atoms with Crippen molar-refractivity contribution in [3.05, 3.63) is 84.1 Å². The fourth-order valence-electron chi connectivity index (χ4n) is 6.22. The third-order valence-electron chi connectivity index (χ3n) is 8.58. The molecule has 4 aromatic rings.